The van der Waals surface area contributed by atoms with Crippen molar-refractivity contribution >= 4 is 43.1 Å². The Morgan fingerprint density at radius 2 is 0.603 bits per heavy atom. The van der Waals surface area contributed by atoms with Gasteiger partial charge < -0.3 is 0 Å². The first-order chi connectivity index (χ1) is 28.2. The molecule has 0 nitrogen and oxygen atoms in total. The molecule has 2 aliphatic rings. The summed E-state index contributed by atoms with van der Waals surface area (Å²) in [5.41, 5.74) is 18.6. The van der Waals surface area contributed by atoms with Crippen molar-refractivity contribution < 1.29 is 0 Å². The molecule has 0 N–H and O–H groups in total. The molecule has 12 rings (SSSR count). The summed E-state index contributed by atoms with van der Waals surface area (Å²) in [5.74, 6) is 0. The van der Waals surface area contributed by atoms with E-state index >= 15 is 0 Å². The van der Waals surface area contributed by atoms with E-state index in [1.807, 2.05) is 0 Å². The predicted octanol–water partition coefficient (Wildman–Crippen LogP) is 15.9. The fourth-order valence-corrected chi connectivity index (χ4v) is 10.5. The van der Waals surface area contributed by atoms with Gasteiger partial charge >= 0.3 is 0 Å². The topological polar surface area (TPSA) is 0 Å². The normalized spacial score (nSPS) is 14.5. The number of rotatable bonds is 3. The third-order valence-electron chi connectivity index (χ3n) is 13.8. The van der Waals surface area contributed by atoms with Crippen molar-refractivity contribution in [2.24, 2.45) is 0 Å². The van der Waals surface area contributed by atoms with Crippen LogP contribution in [0.2, 0.25) is 0 Å². The summed E-state index contributed by atoms with van der Waals surface area (Å²) in [6.45, 7) is 9.44. The maximum atomic E-state index is 2.47. The van der Waals surface area contributed by atoms with Crippen LogP contribution >= 0.6 is 0 Å². The first-order valence-electron chi connectivity index (χ1n) is 20.6. The van der Waals surface area contributed by atoms with Crippen LogP contribution in [0.15, 0.2) is 182 Å². The molecule has 10 aromatic carbocycles. The van der Waals surface area contributed by atoms with Gasteiger partial charge in [-0.05, 0) is 170 Å². The lowest BCUT2D eigenvalue weighted by molar-refractivity contribution is 0.660. The second-order valence-corrected chi connectivity index (χ2v) is 17.8. The van der Waals surface area contributed by atoms with Crippen LogP contribution in [-0.4, -0.2) is 0 Å². The number of hydrogen-bond donors (Lipinski definition) is 0. The third-order valence-corrected chi connectivity index (χ3v) is 13.8. The first kappa shape index (κ1) is 33.4. The van der Waals surface area contributed by atoms with E-state index in [0.717, 1.165) is 0 Å². The zero-order valence-corrected chi connectivity index (χ0v) is 33.3. The van der Waals surface area contributed by atoms with Gasteiger partial charge in [-0.15, -0.1) is 0 Å². The maximum Gasteiger partial charge on any atom is 0.0159 e. The highest BCUT2D eigenvalue weighted by atomic mass is 14.4. The van der Waals surface area contributed by atoms with Gasteiger partial charge in [-0.1, -0.05) is 161 Å². The lowest BCUT2D eigenvalue weighted by atomic mass is 9.81. The van der Waals surface area contributed by atoms with Crippen LogP contribution in [0.25, 0.3) is 98.7 Å². The Kier molecular flexibility index (Phi) is 6.84. The van der Waals surface area contributed by atoms with Crippen molar-refractivity contribution in [2.45, 2.75) is 38.5 Å². The molecule has 0 atom stereocenters. The molecule has 0 radical (unpaired) electrons. The van der Waals surface area contributed by atoms with Crippen molar-refractivity contribution in [2.75, 3.05) is 0 Å². The van der Waals surface area contributed by atoms with Crippen LogP contribution in [0.1, 0.15) is 49.9 Å². The van der Waals surface area contributed by atoms with Gasteiger partial charge in [0.2, 0.25) is 0 Å². The van der Waals surface area contributed by atoms with E-state index < -0.39 is 0 Å². The highest BCUT2D eigenvalue weighted by Crippen LogP contribution is 2.51. The van der Waals surface area contributed by atoms with Crippen LogP contribution < -0.4 is 0 Å². The monoisotopic (exact) mass is 738 g/mol. The van der Waals surface area contributed by atoms with Gasteiger partial charge in [0.15, 0.2) is 0 Å². The molecule has 0 unspecified atom stereocenters. The zero-order chi connectivity index (χ0) is 38.9. The number of fused-ring (bicyclic) bond motifs is 11. The Hall–Kier alpha value is -6.76. The third kappa shape index (κ3) is 4.82. The average Bonchev–Trinajstić information content (AvgIpc) is 3.63. The van der Waals surface area contributed by atoms with Gasteiger partial charge in [0, 0.05) is 10.8 Å². The lowest BCUT2D eigenvalue weighted by Gasteiger charge is -2.22. The van der Waals surface area contributed by atoms with Crippen LogP contribution in [0.5, 0.6) is 0 Å². The van der Waals surface area contributed by atoms with Crippen molar-refractivity contribution in [1.82, 2.24) is 0 Å². The van der Waals surface area contributed by atoms with Gasteiger partial charge in [0.1, 0.15) is 0 Å². The molecule has 0 saturated carbocycles. The van der Waals surface area contributed by atoms with Crippen molar-refractivity contribution in [1.29, 1.82) is 0 Å². The van der Waals surface area contributed by atoms with E-state index in [0.29, 0.717) is 0 Å². The summed E-state index contributed by atoms with van der Waals surface area (Å²) in [4.78, 5) is 0. The largest absolute Gasteiger partial charge is 0.0619 e. The quantitative estimate of drug-likeness (QED) is 0.158. The van der Waals surface area contributed by atoms with E-state index in [-0.39, 0.29) is 10.8 Å². The molecule has 10 aromatic rings. The van der Waals surface area contributed by atoms with Gasteiger partial charge in [0.05, 0.1) is 0 Å². The summed E-state index contributed by atoms with van der Waals surface area (Å²) >= 11 is 0. The molecule has 0 bridgehead atoms. The number of benzene rings is 10. The SMILES string of the molecule is CC1(C)c2ccccc2-c2ccc(-c3ccc4cc(-c5ccc6cc(-c7ccc8ccc9cc%10c(cc9c8c7)C(C)(C)c7ccccc7-%10)ccc6c5)ccc4c3)cc21. The van der Waals surface area contributed by atoms with E-state index in [9.17, 15) is 0 Å². The van der Waals surface area contributed by atoms with Crippen LogP contribution in [0.4, 0.5) is 0 Å². The molecular weight excluding hydrogens is 697 g/mol. The van der Waals surface area contributed by atoms with E-state index in [1.165, 1.54) is 121 Å². The Morgan fingerprint density at radius 1 is 0.241 bits per heavy atom. The Morgan fingerprint density at radius 3 is 1.16 bits per heavy atom. The second kappa shape index (κ2) is 11.9. The van der Waals surface area contributed by atoms with Gasteiger partial charge in [-0.2, -0.15) is 0 Å². The van der Waals surface area contributed by atoms with Crippen LogP contribution in [-0.2, 0) is 10.8 Å². The molecule has 0 heteroatoms. The minimum Gasteiger partial charge on any atom is -0.0619 e. The summed E-state index contributed by atoms with van der Waals surface area (Å²) in [7, 11) is 0. The maximum absolute atomic E-state index is 2.47. The van der Waals surface area contributed by atoms with E-state index in [4.69, 9.17) is 0 Å². The Labute approximate surface area is 340 Å². The highest BCUT2D eigenvalue weighted by molar-refractivity contribution is 6.11. The van der Waals surface area contributed by atoms with Crippen LogP contribution in [0, 0.1) is 0 Å². The Balaban J connectivity index is 0.855. The van der Waals surface area contributed by atoms with Gasteiger partial charge in [0.25, 0.3) is 0 Å². The lowest BCUT2D eigenvalue weighted by Crippen LogP contribution is -2.14. The predicted molar refractivity (Wildman–Crippen MR) is 248 cm³/mol. The highest BCUT2D eigenvalue weighted by Gasteiger charge is 2.36. The fourth-order valence-electron chi connectivity index (χ4n) is 10.5. The van der Waals surface area contributed by atoms with Crippen LogP contribution in [0.3, 0.4) is 0 Å². The molecule has 0 aromatic heterocycles. The van der Waals surface area contributed by atoms with E-state index in [1.54, 1.807) is 0 Å². The molecule has 2 aliphatic carbocycles. The van der Waals surface area contributed by atoms with Crippen molar-refractivity contribution in [3.8, 4) is 55.6 Å². The average molecular weight is 739 g/mol. The summed E-state index contributed by atoms with van der Waals surface area (Å²) in [6.07, 6.45) is 0. The zero-order valence-electron chi connectivity index (χ0n) is 33.3. The number of hydrogen-bond acceptors (Lipinski definition) is 0. The molecule has 0 aliphatic heterocycles. The van der Waals surface area contributed by atoms with E-state index in [2.05, 4.69) is 210 Å². The standard InChI is InChI=1S/C58H42/c1-57(2)53-11-7-5-9-47(53)49-26-25-45(33-55(49)57)43-23-21-39-28-37(17-19-41(39)30-43)36-16-18-40-29-42(22-20-38(40)27-36)44-15-13-35-14-24-46-32-52-48-10-6-8-12-54(48)58(3,4)56(52)34-51(46)50(35)31-44/h5-34H,1-4H3. The molecule has 0 spiro atoms. The molecular formula is C58H42. The minimum absolute atomic E-state index is 0.00648. The second-order valence-electron chi connectivity index (χ2n) is 17.8. The molecule has 274 valence electrons. The van der Waals surface area contributed by atoms with Crippen molar-refractivity contribution in [3.63, 3.8) is 0 Å². The molecule has 0 amide bonds. The molecule has 0 heterocycles. The fraction of sp³-hybridized carbons (Fsp3) is 0.103. The summed E-state index contributed by atoms with van der Waals surface area (Å²) in [5, 5.41) is 10.2. The van der Waals surface area contributed by atoms with Gasteiger partial charge in [-0.25, -0.2) is 0 Å². The minimum atomic E-state index is -0.0254. The Bertz CT molecular complexity index is 3390. The molecule has 0 fully saturated rings. The smallest absolute Gasteiger partial charge is 0.0159 e. The molecule has 58 heavy (non-hydrogen) atoms. The molecule has 0 saturated heterocycles. The summed E-state index contributed by atoms with van der Waals surface area (Å²) in [6, 6.07) is 68.9. The summed E-state index contributed by atoms with van der Waals surface area (Å²) < 4.78 is 0. The van der Waals surface area contributed by atoms with Gasteiger partial charge in [-0.3, -0.25) is 0 Å². The van der Waals surface area contributed by atoms with Crippen molar-refractivity contribution in [3.05, 3.63) is 204 Å². The first-order valence-corrected chi connectivity index (χ1v) is 20.6.